The van der Waals surface area contributed by atoms with Crippen LogP contribution in [0.1, 0.15) is 36.0 Å². The molecule has 0 aromatic heterocycles. The normalized spacial score (nSPS) is 21.5. The number of benzene rings is 2. The van der Waals surface area contributed by atoms with E-state index in [0.29, 0.717) is 18.7 Å². The number of nitrogens with zero attached hydrogens (tertiary/aromatic N) is 2. The van der Waals surface area contributed by atoms with Crippen molar-refractivity contribution >= 4 is 17.5 Å². The molecule has 2 unspecified atom stereocenters. The minimum atomic E-state index is -0.150. The van der Waals surface area contributed by atoms with Crippen LogP contribution in [0.3, 0.4) is 0 Å². The van der Waals surface area contributed by atoms with Gasteiger partial charge in [-0.25, -0.2) is 0 Å². The van der Waals surface area contributed by atoms with Crippen LogP contribution in [0.4, 0.5) is 5.69 Å². The van der Waals surface area contributed by atoms with E-state index in [2.05, 4.69) is 16.3 Å². The number of piperidine rings is 2. The third-order valence-electron chi connectivity index (χ3n) is 6.29. The summed E-state index contributed by atoms with van der Waals surface area (Å²) in [4.78, 5) is 30.0. The van der Waals surface area contributed by atoms with Crippen LogP contribution in [0.2, 0.25) is 0 Å². The van der Waals surface area contributed by atoms with Crippen LogP contribution < -0.4 is 15.0 Å². The molecular formula is C25H31N3O3. The second-order valence-electron chi connectivity index (χ2n) is 8.42. The Bertz CT molecular complexity index is 902. The van der Waals surface area contributed by atoms with Gasteiger partial charge in [-0.3, -0.25) is 9.59 Å². The van der Waals surface area contributed by atoms with Gasteiger partial charge in [0.25, 0.3) is 5.91 Å². The van der Waals surface area contributed by atoms with Gasteiger partial charge in [-0.2, -0.15) is 0 Å². The number of hydrogen-bond acceptors (Lipinski definition) is 4. The van der Waals surface area contributed by atoms with Crippen molar-refractivity contribution in [2.75, 3.05) is 38.2 Å². The first-order valence-electron chi connectivity index (χ1n) is 11.2. The number of nitrogens with one attached hydrogen (secondary N) is 1. The predicted molar refractivity (Wildman–Crippen MR) is 121 cm³/mol. The van der Waals surface area contributed by atoms with Crippen molar-refractivity contribution in [2.45, 2.75) is 31.7 Å². The van der Waals surface area contributed by atoms with Crippen LogP contribution in [0.25, 0.3) is 0 Å². The van der Waals surface area contributed by atoms with E-state index in [9.17, 15) is 9.59 Å². The number of amides is 2. The van der Waals surface area contributed by atoms with Crippen molar-refractivity contribution in [1.29, 1.82) is 0 Å². The molecule has 6 heteroatoms. The Labute approximate surface area is 184 Å². The number of ether oxygens (including phenoxy) is 1. The molecule has 2 atom stereocenters. The van der Waals surface area contributed by atoms with Crippen LogP contribution >= 0.6 is 0 Å². The predicted octanol–water partition coefficient (Wildman–Crippen LogP) is 3.33. The van der Waals surface area contributed by atoms with Crippen molar-refractivity contribution in [3.8, 4) is 5.75 Å². The zero-order valence-corrected chi connectivity index (χ0v) is 18.1. The quantitative estimate of drug-likeness (QED) is 0.805. The Morgan fingerprint density at radius 1 is 0.935 bits per heavy atom. The van der Waals surface area contributed by atoms with Crippen molar-refractivity contribution < 1.29 is 14.3 Å². The summed E-state index contributed by atoms with van der Waals surface area (Å²) in [6, 6.07) is 17.4. The topological polar surface area (TPSA) is 61.9 Å². The average molecular weight is 422 g/mol. The third-order valence-corrected chi connectivity index (χ3v) is 6.29. The largest absolute Gasteiger partial charge is 0.495 e. The number of para-hydroxylation sites is 2. The van der Waals surface area contributed by atoms with Crippen molar-refractivity contribution in [3.05, 3.63) is 60.2 Å². The molecule has 1 N–H and O–H groups in total. The van der Waals surface area contributed by atoms with E-state index in [1.807, 2.05) is 53.4 Å². The van der Waals surface area contributed by atoms with Gasteiger partial charge in [0.2, 0.25) is 5.91 Å². The van der Waals surface area contributed by atoms with Crippen LogP contribution in [-0.2, 0) is 4.79 Å². The van der Waals surface area contributed by atoms with Gasteiger partial charge >= 0.3 is 0 Å². The molecular weight excluding hydrogens is 390 g/mol. The summed E-state index contributed by atoms with van der Waals surface area (Å²) in [6.45, 7) is 2.92. The number of likely N-dealkylation sites (tertiary alicyclic amines) is 1. The Kier molecular flexibility index (Phi) is 6.75. The number of carbonyl (C=O) groups excluding carboxylic acids is 2. The molecule has 2 saturated heterocycles. The van der Waals surface area contributed by atoms with Crippen molar-refractivity contribution in [1.82, 2.24) is 10.2 Å². The highest BCUT2D eigenvalue weighted by Gasteiger charge is 2.31. The van der Waals surface area contributed by atoms with Crippen LogP contribution in [0.5, 0.6) is 5.75 Å². The molecule has 4 rings (SSSR count). The standard InChI is InChI=1S/C25H31N3O3/c1-31-23-14-6-5-13-22(23)27-15-8-12-21(18-27)26-24(29)20-11-7-16-28(17-20)25(30)19-9-3-2-4-10-19/h2-6,9-10,13-14,20-21H,7-8,11-12,15-18H2,1H3,(H,26,29). The third kappa shape index (κ3) is 5.01. The van der Waals surface area contributed by atoms with Gasteiger partial charge in [0.1, 0.15) is 5.75 Å². The number of anilines is 1. The lowest BCUT2D eigenvalue weighted by Crippen LogP contribution is -2.52. The molecule has 2 aliphatic rings. The van der Waals surface area contributed by atoms with E-state index in [-0.39, 0.29) is 23.8 Å². The summed E-state index contributed by atoms with van der Waals surface area (Å²) in [5, 5.41) is 3.27. The van der Waals surface area contributed by atoms with Gasteiger partial charge < -0.3 is 19.9 Å². The molecule has 0 saturated carbocycles. The lowest BCUT2D eigenvalue weighted by Gasteiger charge is -2.37. The first-order valence-corrected chi connectivity index (χ1v) is 11.2. The number of rotatable bonds is 5. The highest BCUT2D eigenvalue weighted by atomic mass is 16.5. The van der Waals surface area contributed by atoms with Gasteiger partial charge in [0.15, 0.2) is 0 Å². The Balaban J connectivity index is 1.36. The van der Waals surface area contributed by atoms with E-state index in [0.717, 1.165) is 50.2 Å². The van der Waals surface area contributed by atoms with E-state index < -0.39 is 0 Å². The smallest absolute Gasteiger partial charge is 0.253 e. The summed E-state index contributed by atoms with van der Waals surface area (Å²) < 4.78 is 5.51. The van der Waals surface area contributed by atoms with Crippen molar-refractivity contribution in [3.63, 3.8) is 0 Å². The molecule has 6 nitrogen and oxygen atoms in total. The lowest BCUT2D eigenvalue weighted by molar-refractivity contribution is -0.127. The summed E-state index contributed by atoms with van der Waals surface area (Å²) in [6.07, 6.45) is 3.67. The SMILES string of the molecule is COc1ccccc1N1CCCC(NC(=O)C2CCCN(C(=O)c3ccccc3)C2)C1. The Morgan fingerprint density at radius 3 is 2.48 bits per heavy atom. The van der Waals surface area contributed by atoms with Gasteiger partial charge in [-0.05, 0) is 49.9 Å². The summed E-state index contributed by atoms with van der Waals surface area (Å²) in [5.74, 6) is 0.787. The zero-order chi connectivity index (χ0) is 21.6. The zero-order valence-electron chi connectivity index (χ0n) is 18.1. The molecule has 2 fully saturated rings. The van der Waals surface area contributed by atoms with E-state index in [4.69, 9.17) is 4.74 Å². The number of carbonyl (C=O) groups is 2. The fraction of sp³-hybridized carbons (Fsp3) is 0.440. The fourth-order valence-electron chi connectivity index (χ4n) is 4.66. The molecule has 0 radical (unpaired) electrons. The molecule has 2 aromatic carbocycles. The Hall–Kier alpha value is -3.02. The lowest BCUT2D eigenvalue weighted by atomic mass is 9.95. The van der Waals surface area contributed by atoms with E-state index in [1.54, 1.807) is 7.11 Å². The maximum atomic E-state index is 13.0. The monoisotopic (exact) mass is 421 g/mol. The molecule has 0 spiro atoms. The molecule has 2 aromatic rings. The summed E-state index contributed by atoms with van der Waals surface area (Å²) >= 11 is 0. The van der Waals surface area contributed by atoms with Gasteiger partial charge in [-0.1, -0.05) is 30.3 Å². The molecule has 2 heterocycles. The van der Waals surface area contributed by atoms with Crippen LogP contribution in [0.15, 0.2) is 54.6 Å². The average Bonchev–Trinajstić information content (AvgIpc) is 2.84. The minimum Gasteiger partial charge on any atom is -0.495 e. The fourth-order valence-corrected chi connectivity index (χ4v) is 4.66. The van der Waals surface area contributed by atoms with Gasteiger partial charge in [-0.15, -0.1) is 0 Å². The number of hydrogen-bond donors (Lipinski definition) is 1. The Morgan fingerprint density at radius 2 is 1.68 bits per heavy atom. The maximum absolute atomic E-state index is 13.0. The highest BCUT2D eigenvalue weighted by molar-refractivity contribution is 5.94. The first kappa shape index (κ1) is 21.2. The molecule has 2 amide bonds. The van der Waals surface area contributed by atoms with E-state index >= 15 is 0 Å². The van der Waals surface area contributed by atoms with Gasteiger partial charge in [0, 0.05) is 37.8 Å². The highest BCUT2D eigenvalue weighted by Crippen LogP contribution is 2.30. The number of methoxy groups -OCH3 is 1. The maximum Gasteiger partial charge on any atom is 0.253 e. The summed E-state index contributed by atoms with van der Waals surface area (Å²) in [5.41, 5.74) is 1.75. The summed E-state index contributed by atoms with van der Waals surface area (Å²) in [7, 11) is 1.69. The molecule has 2 aliphatic heterocycles. The van der Waals surface area contributed by atoms with Crippen molar-refractivity contribution in [2.24, 2.45) is 5.92 Å². The second-order valence-corrected chi connectivity index (χ2v) is 8.42. The van der Waals surface area contributed by atoms with Gasteiger partial charge in [0.05, 0.1) is 18.7 Å². The van der Waals surface area contributed by atoms with E-state index in [1.165, 1.54) is 0 Å². The molecule has 31 heavy (non-hydrogen) atoms. The van der Waals surface area contributed by atoms with Crippen LogP contribution in [-0.4, -0.2) is 56.0 Å². The molecule has 164 valence electrons. The second kappa shape index (κ2) is 9.86. The first-order chi connectivity index (χ1) is 15.2. The van der Waals surface area contributed by atoms with Crippen LogP contribution in [0, 0.1) is 5.92 Å². The molecule has 0 aliphatic carbocycles. The minimum absolute atomic E-state index is 0.0121. The molecule has 0 bridgehead atoms.